The zero-order valence-corrected chi connectivity index (χ0v) is 9.00. The van der Waals surface area contributed by atoms with Gasteiger partial charge in [-0.25, -0.2) is 0 Å². The molecule has 0 aromatic heterocycles. The molecule has 13 heavy (non-hydrogen) atoms. The lowest BCUT2D eigenvalue weighted by atomic mass is 9.97. The molecule has 1 N–H and O–H groups in total. The zero-order valence-electron chi connectivity index (χ0n) is 9.00. The Morgan fingerprint density at radius 1 is 1.38 bits per heavy atom. The van der Waals surface area contributed by atoms with E-state index in [4.69, 9.17) is 5.11 Å². The highest BCUT2D eigenvalue weighted by Gasteiger charge is 2.17. The molecule has 1 fully saturated rings. The Bertz CT molecular complexity index is 126. The van der Waals surface area contributed by atoms with Gasteiger partial charge >= 0.3 is 0 Å². The number of aliphatic hydroxyl groups excluding tert-OH is 1. The van der Waals surface area contributed by atoms with Crippen LogP contribution >= 0.6 is 0 Å². The van der Waals surface area contributed by atoms with Gasteiger partial charge in [-0.05, 0) is 44.2 Å². The third kappa shape index (κ3) is 3.65. The van der Waals surface area contributed by atoms with Crippen LogP contribution in [0.5, 0.6) is 0 Å². The molecule has 1 heterocycles. The summed E-state index contributed by atoms with van der Waals surface area (Å²) in [6.07, 6.45) is 3.77. The van der Waals surface area contributed by atoms with Crippen LogP contribution in [-0.4, -0.2) is 36.2 Å². The molecule has 1 rings (SSSR count). The second-order valence-corrected chi connectivity index (χ2v) is 4.44. The number of likely N-dealkylation sites (tertiary alicyclic amines) is 1. The highest BCUT2D eigenvalue weighted by molar-refractivity contribution is 4.71. The van der Waals surface area contributed by atoms with Gasteiger partial charge in [0.15, 0.2) is 0 Å². The van der Waals surface area contributed by atoms with Crippen molar-refractivity contribution in [3.05, 3.63) is 0 Å². The first kappa shape index (κ1) is 11.0. The third-order valence-corrected chi connectivity index (χ3v) is 3.23. The summed E-state index contributed by atoms with van der Waals surface area (Å²) in [6.45, 7) is 8.41. The molecule has 0 bridgehead atoms. The molecule has 0 amide bonds. The monoisotopic (exact) mass is 185 g/mol. The number of hydrogen-bond donors (Lipinski definition) is 1. The molecule has 1 saturated heterocycles. The first-order valence-corrected chi connectivity index (χ1v) is 5.59. The largest absolute Gasteiger partial charge is 0.396 e. The predicted molar refractivity (Wildman–Crippen MR) is 55.7 cm³/mol. The normalized spacial score (nSPS) is 23.3. The number of hydrogen-bond acceptors (Lipinski definition) is 2. The zero-order chi connectivity index (χ0) is 9.68. The summed E-state index contributed by atoms with van der Waals surface area (Å²) in [6, 6.07) is 0. The van der Waals surface area contributed by atoms with Crippen LogP contribution in [0.4, 0.5) is 0 Å². The molecule has 1 unspecified atom stereocenters. The summed E-state index contributed by atoms with van der Waals surface area (Å²) in [5.74, 6) is 1.40. The predicted octanol–water partition coefficient (Wildman–Crippen LogP) is 1.74. The SMILES string of the molecule is CCC(CO)CN1CCC(C)CC1. The summed E-state index contributed by atoms with van der Waals surface area (Å²) >= 11 is 0. The van der Waals surface area contributed by atoms with Crippen LogP contribution in [0.2, 0.25) is 0 Å². The Balaban J connectivity index is 2.21. The van der Waals surface area contributed by atoms with Crippen LogP contribution < -0.4 is 0 Å². The van der Waals surface area contributed by atoms with Crippen molar-refractivity contribution in [2.75, 3.05) is 26.2 Å². The lowest BCUT2D eigenvalue weighted by Crippen LogP contribution is -2.37. The van der Waals surface area contributed by atoms with Crippen LogP contribution in [0, 0.1) is 11.8 Å². The van der Waals surface area contributed by atoms with Crippen molar-refractivity contribution < 1.29 is 5.11 Å². The van der Waals surface area contributed by atoms with Crippen LogP contribution in [0.3, 0.4) is 0 Å². The second kappa shape index (κ2) is 5.61. The van der Waals surface area contributed by atoms with Crippen molar-refractivity contribution in [2.24, 2.45) is 11.8 Å². The van der Waals surface area contributed by atoms with E-state index in [1.54, 1.807) is 0 Å². The quantitative estimate of drug-likeness (QED) is 0.721. The fraction of sp³-hybridized carbons (Fsp3) is 1.00. The molecule has 0 aliphatic carbocycles. The number of rotatable bonds is 4. The summed E-state index contributed by atoms with van der Waals surface area (Å²) < 4.78 is 0. The van der Waals surface area contributed by atoms with E-state index in [1.165, 1.54) is 25.9 Å². The Kier molecular flexibility index (Phi) is 4.74. The van der Waals surface area contributed by atoms with Crippen molar-refractivity contribution in [3.8, 4) is 0 Å². The van der Waals surface area contributed by atoms with Crippen LogP contribution in [-0.2, 0) is 0 Å². The maximum atomic E-state index is 9.08. The Morgan fingerprint density at radius 3 is 2.46 bits per heavy atom. The Labute approximate surface area is 81.9 Å². The summed E-state index contributed by atoms with van der Waals surface area (Å²) in [7, 11) is 0. The highest BCUT2D eigenvalue weighted by Crippen LogP contribution is 2.17. The Morgan fingerprint density at radius 2 is 2.00 bits per heavy atom. The lowest BCUT2D eigenvalue weighted by Gasteiger charge is -2.32. The fourth-order valence-electron chi connectivity index (χ4n) is 1.93. The van der Waals surface area contributed by atoms with Crippen molar-refractivity contribution in [3.63, 3.8) is 0 Å². The molecule has 0 spiro atoms. The first-order chi connectivity index (χ1) is 6.26. The van der Waals surface area contributed by atoms with E-state index in [-0.39, 0.29) is 0 Å². The fourth-order valence-corrected chi connectivity index (χ4v) is 1.93. The standard InChI is InChI=1S/C11H23NO/c1-3-11(9-13)8-12-6-4-10(2)5-7-12/h10-11,13H,3-9H2,1-2H3. The van der Waals surface area contributed by atoms with Crippen LogP contribution in [0.25, 0.3) is 0 Å². The molecule has 0 saturated carbocycles. The molecule has 78 valence electrons. The summed E-state index contributed by atoms with van der Waals surface area (Å²) in [5.41, 5.74) is 0. The molecular formula is C11H23NO. The van der Waals surface area contributed by atoms with Crippen molar-refractivity contribution in [2.45, 2.75) is 33.1 Å². The number of piperidine rings is 1. The van der Waals surface area contributed by atoms with Gasteiger partial charge in [0.1, 0.15) is 0 Å². The van der Waals surface area contributed by atoms with E-state index < -0.39 is 0 Å². The van der Waals surface area contributed by atoms with Gasteiger partial charge in [0.25, 0.3) is 0 Å². The molecule has 1 atom stereocenters. The van der Waals surface area contributed by atoms with Crippen LogP contribution in [0.15, 0.2) is 0 Å². The number of nitrogens with zero attached hydrogens (tertiary/aromatic N) is 1. The average Bonchev–Trinajstić information content (AvgIpc) is 2.17. The molecular weight excluding hydrogens is 162 g/mol. The Hall–Kier alpha value is -0.0800. The van der Waals surface area contributed by atoms with Gasteiger partial charge in [-0.1, -0.05) is 13.8 Å². The molecule has 2 heteroatoms. The third-order valence-electron chi connectivity index (χ3n) is 3.23. The van der Waals surface area contributed by atoms with E-state index in [0.717, 1.165) is 18.9 Å². The van der Waals surface area contributed by atoms with Gasteiger partial charge in [0, 0.05) is 13.2 Å². The van der Waals surface area contributed by atoms with Gasteiger partial charge < -0.3 is 10.0 Å². The van der Waals surface area contributed by atoms with Crippen molar-refractivity contribution in [1.82, 2.24) is 4.90 Å². The second-order valence-electron chi connectivity index (χ2n) is 4.44. The van der Waals surface area contributed by atoms with Crippen LogP contribution in [0.1, 0.15) is 33.1 Å². The maximum Gasteiger partial charge on any atom is 0.0471 e. The van der Waals surface area contributed by atoms with E-state index in [9.17, 15) is 0 Å². The minimum Gasteiger partial charge on any atom is -0.396 e. The average molecular weight is 185 g/mol. The molecule has 0 aromatic rings. The minimum atomic E-state index is 0.350. The van der Waals surface area contributed by atoms with Crippen molar-refractivity contribution in [1.29, 1.82) is 0 Å². The van der Waals surface area contributed by atoms with Gasteiger partial charge in [-0.2, -0.15) is 0 Å². The topological polar surface area (TPSA) is 23.5 Å². The van der Waals surface area contributed by atoms with Gasteiger partial charge in [-0.15, -0.1) is 0 Å². The summed E-state index contributed by atoms with van der Waals surface area (Å²) in [4.78, 5) is 2.50. The maximum absolute atomic E-state index is 9.08. The van der Waals surface area contributed by atoms with Gasteiger partial charge in [0.2, 0.25) is 0 Å². The van der Waals surface area contributed by atoms with Gasteiger partial charge in [0.05, 0.1) is 0 Å². The van der Waals surface area contributed by atoms with E-state index in [0.29, 0.717) is 12.5 Å². The molecule has 1 aliphatic heterocycles. The lowest BCUT2D eigenvalue weighted by molar-refractivity contribution is 0.130. The molecule has 1 aliphatic rings. The molecule has 0 radical (unpaired) electrons. The number of aliphatic hydroxyl groups is 1. The minimum absolute atomic E-state index is 0.350. The van der Waals surface area contributed by atoms with E-state index in [2.05, 4.69) is 18.7 Å². The summed E-state index contributed by atoms with van der Waals surface area (Å²) in [5, 5.41) is 9.08. The van der Waals surface area contributed by atoms with E-state index in [1.807, 2.05) is 0 Å². The van der Waals surface area contributed by atoms with Gasteiger partial charge in [-0.3, -0.25) is 0 Å². The molecule has 0 aromatic carbocycles. The first-order valence-electron chi connectivity index (χ1n) is 5.59. The smallest absolute Gasteiger partial charge is 0.0471 e. The van der Waals surface area contributed by atoms with E-state index >= 15 is 0 Å². The highest BCUT2D eigenvalue weighted by atomic mass is 16.3. The van der Waals surface area contributed by atoms with Crippen molar-refractivity contribution >= 4 is 0 Å². The molecule has 2 nitrogen and oxygen atoms in total.